The van der Waals surface area contributed by atoms with Crippen molar-refractivity contribution in [1.29, 1.82) is 0 Å². The van der Waals surface area contributed by atoms with Gasteiger partial charge in [-0.05, 0) is 54.8 Å². The number of fused-ring (bicyclic) bond motifs is 1. The fourth-order valence-corrected chi connectivity index (χ4v) is 5.98. The molecule has 2 saturated heterocycles. The molecule has 0 bridgehead atoms. The van der Waals surface area contributed by atoms with Crippen molar-refractivity contribution in [3.8, 4) is 5.69 Å². The standard InChI is InChI=1S/C20H20FN5O2S/c21-16-2-7-20(22-12-16)24-13-15-8-11-26(19(15)14-24)29(27,28)18-5-3-17(4-6-18)25-10-1-9-23-25/h1-7,9-10,12,15,19H,8,11,13-14H2. The molecule has 1 aromatic carbocycles. The van der Waals surface area contributed by atoms with Gasteiger partial charge >= 0.3 is 0 Å². The summed E-state index contributed by atoms with van der Waals surface area (Å²) >= 11 is 0. The maximum absolute atomic E-state index is 13.3. The number of benzene rings is 1. The first-order valence-electron chi connectivity index (χ1n) is 9.51. The fourth-order valence-electron chi connectivity index (χ4n) is 4.29. The lowest BCUT2D eigenvalue weighted by Gasteiger charge is -2.25. The van der Waals surface area contributed by atoms with Crippen LogP contribution in [0.5, 0.6) is 0 Å². The number of pyridine rings is 1. The molecule has 2 aromatic heterocycles. The summed E-state index contributed by atoms with van der Waals surface area (Å²) in [6.07, 6.45) is 5.49. The smallest absolute Gasteiger partial charge is 0.243 e. The molecule has 0 N–H and O–H groups in total. The van der Waals surface area contributed by atoms with Crippen LogP contribution in [0.3, 0.4) is 0 Å². The van der Waals surface area contributed by atoms with Crippen LogP contribution in [0.15, 0.2) is 66.0 Å². The lowest BCUT2D eigenvalue weighted by molar-refractivity contribution is 0.384. The van der Waals surface area contributed by atoms with E-state index < -0.39 is 10.0 Å². The van der Waals surface area contributed by atoms with E-state index in [1.54, 1.807) is 45.5 Å². The van der Waals surface area contributed by atoms with Crippen molar-refractivity contribution >= 4 is 15.8 Å². The first-order chi connectivity index (χ1) is 14.0. The monoisotopic (exact) mass is 413 g/mol. The highest BCUT2D eigenvalue weighted by Gasteiger charge is 2.46. The molecule has 2 fully saturated rings. The maximum atomic E-state index is 13.3. The molecule has 0 saturated carbocycles. The largest absolute Gasteiger partial charge is 0.355 e. The van der Waals surface area contributed by atoms with Gasteiger partial charge in [-0.1, -0.05) is 0 Å². The van der Waals surface area contributed by atoms with E-state index in [0.717, 1.165) is 18.7 Å². The van der Waals surface area contributed by atoms with Crippen LogP contribution in [-0.4, -0.2) is 53.2 Å². The molecule has 2 aliphatic heterocycles. The Morgan fingerprint density at radius 1 is 1.07 bits per heavy atom. The van der Waals surface area contributed by atoms with Crippen LogP contribution >= 0.6 is 0 Å². The summed E-state index contributed by atoms with van der Waals surface area (Å²) in [6.45, 7) is 1.81. The molecule has 3 aromatic rings. The van der Waals surface area contributed by atoms with Crippen molar-refractivity contribution in [3.63, 3.8) is 0 Å². The third-order valence-corrected chi connectivity index (χ3v) is 7.68. The molecule has 2 atom stereocenters. The molecular weight excluding hydrogens is 393 g/mol. The quantitative estimate of drug-likeness (QED) is 0.656. The van der Waals surface area contributed by atoms with Gasteiger partial charge in [0.25, 0.3) is 0 Å². The molecule has 0 amide bonds. The van der Waals surface area contributed by atoms with Crippen LogP contribution in [-0.2, 0) is 10.0 Å². The molecule has 0 spiro atoms. The van der Waals surface area contributed by atoms with Crippen LogP contribution < -0.4 is 4.90 Å². The van der Waals surface area contributed by atoms with E-state index in [4.69, 9.17) is 0 Å². The van der Waals surface area contributed by atoms with Crippen LogP contribution in [0.4, 0.5) is 10.2 Å². The highest BCUT2D eigenvalue weighted by molar-refractivity contribution is 7.89. The van der Waals surface area contributed by atoms with Gasteiger partial charge in [-0.2, -0.15) is 9.40 Å². The maximum Gasteiger partial charge on any atom is 0.243 e. The Bertz CT molecular complexity index is 1100. The number of sulfonamides is 1. The second-order valence-corrected chi connectivity index (χ2v) is 9.31. The molecule has 2 unspecified atom stereocenters. The van der Waals surface area contributed by atoms with Crippen molar-refractivity contribution in [2.75, 3.05) is 24.5 Å². The van der Waals surface area contributed by atoms with Gasteiger partial charge in [0.05, 0.1) is 16.8 Å². The van der Waals surface area contributed by atoms with Crippen LogP contribution in [0.2, 0.25) is 0 Å². The summed E-state index contributed by atoms with van der Waals surface area (Å²) in [6, 6.07) is 11.5. The number of rotatable bonds is 4. The van der Waals surface area contributed by atoms with Gasteiger partial charge in [-0.3, -0.25) is 0 Å². The molecule has 0 aliphatic carbocycles. The Morgan fingerprint density at radius 3 is 2.59 bits per heavy atom. The van der Waals surface area contributed by atoms with Crippen molar-refractivity contribution in [1.82, 2.24) is 19.1 Å². The molecule has 9 heteroatoms. The lowest BCUT2D eigenvalue weighted by atomic mass is 10.1. The predicted molar refractivity (Wildman–Crippen MR) is 106 cm³/mol. The third-order valence-electron chi connectivity index (χ3n) is 5.74. The van der Waals surface area contributed by atoms with Crippen molar-refractivity contribution in [2.45, 2.75) is 17.4 Å². The second-order valence-electron chi connectivity index (χ2n) is 7.42. The highest BCUT2D eigenvalue weighted by Crippen LogP contribution is 2.36. The van der Waals surface area contributed by atoms with Gasteiger partial charge in [-0.25, -0.2) is 22.5 Å². The minimum atomic E-state index is -3.59. The van der Waals surface area contributed by atoms with Gasteiger partial charge in [0.2, 0.25) is 10.0 Å². The lowest BCUT2D eigenvalue weighted by Crippen LogP contribution is -2.39. The topological polar surface area (TPSA) is 71.3 Å². The van der Waals surface area contributed by atoms with E-state index in [-0.39, 0.29) is 22.7 Å². The predicted octanol–water partition coefficient (Wildman–Crippen LogP) is 2.31. The minimum absolute atomic E-state index is 0.0994. The number of hydrogen-bond donors (Lipinski definition) is 0. The van der Waals surface area contributed by atoms with Crippen molar-refractivity contribution in [2.24, 2.45) is 5.92 Å². The number of hydrogen-bond acceptors (Lipinski definition) is 5. The number of aromatic nitrogens is 3. The van der Waals surface area contributed by atoms with E-state index >= 15 is 0 Å². The normalized spacial score (nSPS) is 22.2. The zero-order valence-corrected chi connectivity index (χ0v) is 16.4. The Kier molecular flexibility index (Phi) is 4.36. The molecule has 7 nitrogen and oxygen atoms in total. The summed E-state index contributed by atoms with van der Waals surface area (Å²) in [5, 5.41) is 4.16. The number of nitrogens with zero attached hydrogens (tertiary/aromatic N) is 5. The van der Waals surface area contributed by atoms with Gasteiger partial charge < -0.3 is 4.90 Å². The van der Waals surface area contributed by atoms with E-state index in [9.17, 15) is 12.8 Å². The summed E-state index contributed by atoms with van der Waals surface area (Å²) < 4.78 is 43.0. The van der Waals surface area contributed by atoms with Gasteiger partial charge in [0.15, 0.2) is 0 Å². The third kappa shape index (κ3) is 3.20. The van der Waals surface area contributed by atoms with Gasteiger partial charge in [-0.15, -0.1) is 0 Å². The molecule has 5 rings (SSSR count). The Balaban J connectivity index is 1.37. The van der Waals surface area contributed by atoms with E-state index in [1.165, 1.54) is 12.3 Å². The SMILES string of the molecule is O=S(=O)(c1ccc(-n2cccn2)cc1)N1CCC2CN(c3ccc(F)cn3)CC21. The van der Waals surface area contributed by atoms with E-state index in [2.05, 4.69) is 10.1 Å². The zero-order valence-electron chi connectivity index (χ0n) is 15.6. The van der Waals surface area contributed by atoms with Gasteiger partial charge in [0, 0.05) is 38.1 Å². The second kappa shape index (κ2) is 6.93. The first-order valence-corrected chi connectivity index (χ1v) is 10.9. The summed E-state index contributed by atoms with van der Waals surface area (Å²) in [7, 11) is -3.59. The van der Waals surface area contributed by atoms with E-state index in [0.29, 0.717) is 18.9 Å². The summed E-state index contributed by atoms with van der Waals surface area (Å²) in [5.41, 5.74) is 0.808. The van der Waals surface area contributed by atoms with E-state index in [1.807, 2.05) is 17.2 Å². The molecule has 150 valence electrons. The van der Waals surface area contributed by atoms with Crippen molar-refractivity contribution < 1.29 is 12.8 Å². The molecular formula is C20H20FN5O2S. The fraction of sp³-hybridized carbons (Fsp3) is 0.300. The first kappa shape index (κ1) is 18.3. The molecule has 0 radical (unpaired) electrons. The Morgan fingerprint density at radius 2 is 1.90 bits per heavy atom. The summed E-state index contributed by atoms with van der Waals surface area (Å²) in [5.74, 6) is 0.553. The van der Waals surface area contributed by atoms with Crippen LogP contribution in [0.1, 0.15) is 6.42 Å². The highest BCUT2D eigenvalue weighted by atomic mass is 32.2. The average molecular weight is 413 g/mol. The average Bonchev–Trinajstić information content (AvgIpc) is 3.45. The Hall–Kier alpha value is -2.78. The zero-order chi connectivity index (χ0) is 20.0. The Labute approximate surface area is 168 Å². The van der Waals surface area contributed by atoms with Crippen LogP contribution in [0.25, 0.3) is 5.69 Å². The minimum Gasteiger partial charge on any atom is -0.355 e. The number of anilines is 1. The molecule has 4 heterocycles. The summed E-state index contributed by atoms with van der Waals surface area (Å²) in [4.78, 5) is 6.47. The van der Waals surface area contributed by atoms with Crippen LogP contribution in [0, 0.1) is 11.7 Å². The number of halogens is 1. The molecule has 29 heavy (non-hydrogen) atoms. The van der Waals surface area contributed by atoms with Crippen molar-refractivity contribution in [3.05, 3.63) is 66.9 Å². The van der Waals surface area contributed by atoms with Gasteiger partial charge in [0.1, 0.15) is 11.6 Å². The molecule has 2 aliphatic rings.